The average molecular weight is 429 g/mol. The van der Waals surface area contributed by atoms with Gasteiger partial charge in [0.25, 0.3) is 0 Å². The average Bonchev–Trinajstić information content (AvgIpc) is 2.73. The summed E-state index contributed by atoms with van der Waals surface area (Å²) in [5, 5.41) is 4.85. The summed E-state index contributed by atoms with van der Waals surface area (Å²) in [6.07, 6.45) is -0.410. The highest BCUT2D eigenvalue weighted by atomic mass is 19.1. The van der Waals surface area contributed by atoms with Crippen molar-refractivity contribution in [2.75, 3.05) is 0 Å². The number of nitrogens with two attached hydrogens (primary N) is 1. The normalized spacial score (nSPS) is 12.3. The molecule has 0 fully saturated rings. The maximum absolute atomic E-state index is 13.1. The van der Waals surface area contributed by atoms with E-state index in [9.17, 15) is 23.6 Å². The number of esters is 1. The van der Waals surface area contributed by atoms with Crippen LogP contribution in [0.4, 0.5) is 4.39 Å². The fourth-order valence-electron chi connectivity index (χ4n) is 2.77. The molecule has 31 heavy (non-hydrogen) atoms. The van der Waals surface area contributed by atoms with E-state index in [1.807, 2.05) is 6.07 Å². The molecule has 2 atom stereocenters. The van der Waals surface area contributed by atoms with Gasteiger partial charge in [0.15, 0.2) is 0 Å². The van der Waals surface area contributed by atoms with E-state index < -0.39 is 48.0 Å². The van der Waals surface area contributed by atoms with Crippen LogP contribution in [0, 0.1) is 5.82 Å². The molecule has 0 radical (unpaired) electrons. The van der Waals surface area contributed by atoms with Gasteiger partial charge < -0.3 is 21.1 Å². The Labute approximate surface area is 179 Å². The van der Waals surface area contributed by atoms with Gasteiger partial charge in [0.1, 0.15) is 24.5 Å². The van der Waals surface area contributed by atoms with Gasteiger partial charge in [-0.15, -0.1) is 0 Å². The summed E-state index contributed by atoms with van der Waals surface area (Å²) < 4.78 is 18.2. The lowest BCUT2D eigenvalue weighted by atomic mass is 10.0. The van der Waals surface area contributed by atoms with Gasteiger partial charge in [0.2, 0.25) is 17.7 Å². The molecular weight excluding hydrogens is 405 g/mol. The lowest BCUT2D eigenvalue weighted by molar-refractivity contribution is -0.147. The van der Waals surface area contributed by atoms with Gasteiger partial charge in [-0.1, -0.05) is 42.5 Å². The third kappa shape index (κ3) is 8.25. The quantitative estimate of drug-likeness (QED) is 0.485. The van der Waals surface area contributed by atoms with Crippen molar-refractivity contribution in [3.63, 3.8) is 0 Å². The Balaban J connectivity index is 1.99. The van der Waals surface area contributed by atoms with E-state index in [1.54, 1.807) is 24.3 Å². The molecule has 2 aromatic carbocycles. The second-order valence-corrected chi connectivity index (χ2v) is 6.90. The minimum absolute atomic E-state index is 0.0121. The zero-order valence-electron chi connectivity index (χ0n) is 17.0. The predicted octanol–water partition coefficient (Wildman–Crippen LogP) is 0.976. The van der Waals surface area contributed by atoms with Crippen LogP contribution >= 0.6 is 0 Å². The Morgan fingerprint density at radius 1 is 0.935 bits per heavy atom. The van der Waals surface area contributed by atoms with Gasteiger partial charge >= 0.3 is 5.97 Å². The molecule has 0 spiro atoms. The number of halogens is 1. The fourth-order valence-corrected chi connectivity index (χ4v) is 2.77. The Morgan fingerprint density at radius 3 is 2.16 bits per heavy atom. The van der Waals surface area contributed by atoms with E-state index in [0.29, 0.717) is 5.56 Å². The van der Waals surface area contributed by atoms with Crippen LogP contribution in [0.5, 0.6) is 0 Å². The topological polar surface area (TPSA) is 128 Å². The van der Waals surface area contributed by atoms with Gasteiger partial charge in [0.05, 0.1) is 6.42 Å². The first-order valence-corrected chi connectivity index (χ1v) is 9.55. The van der Waals surface area contributed by atoms with Crippen LogP contribution in [0.2, 0.25) is 0 Å². The van der Waals surface area contributed by atoms with Crippen LogP contribution < -0.4 is 16.4 Å². The Kier molecular flexibility index (Phi) is 8.68. The molecule has 0 aliphatic carbocycles. The predicted molar refractivity (Wildman–Crippen MR) is 110 cm³/mol. The van der Waals surface area contributed by atoms with Crippen LogP contribution in [-0.4, -0.2) is 35.8 Å². The van der Waals surface area contributed by atoms with Crippen LogP contribution in [0.3, 0.4) is 0 Å². The van der Waals surface area contributed by atoms with E-state index >= 15 is 0 Å². The first-order chi connectivity index (χ1) is 14.7. The molecule has 0 saturated heterocycles. The second-order valence-electron chi connectivity index (χ2n) is 6.90. The summed E-state index contributed by atoms with van der Waals surface area (Å²) in [5.41, 5.74) is 6.68. The minimum Gasteiger partial charge on any atom is -0.461 e. The molecule has 4 N–H and O–H groups in total. The monoisotopic (exact) mass is 429 g/mol. The second kappa shape index (κ2) is 11.4. The van der Waals surface area contributed by atoms with Crippen LogP contribution in [0.15, 0.2) is 54.6 Å². The molecule has 0 bridgehead atoms. The SMILES string of the molecule is CC(=O)N[C@H](Cc1ccc(F)cc1)C(=O)N[C@H](CC(=O)OCc1ccccc1)C(N)=O. The van der Waals surface area contributed by atoms with Crippen molar-refractivity contribution in [3.8, 4) is 0 Å². The summed E-state index contributed by atoms with van der Waals surface area (Å²) in [4.78, 5) is 48.0. The number of rotatable bonds is 10. The van der Waals surface area contributed by atoms with E-state index in [1.165, 1.54) is 31.2 Å². The number of hydrogen-bond donors (Lipinski definition) is 3. The van der Waals surface area contributed by atoms with Gasteiger partial charge in [-0.3, -0.25) is 19.2 Å². The number of primary amides is 1. The summed E-state index contributed by atoms with van der Waals surface area (Å²) in [6.45, 7) is 1.25. The number of ether oxygens (including phenoxy) is 1. The molecule has 0 aromatic heterocycles. The largest absolute Gasteiger partial charge is 0.461 e. The highest BCUT2D eigenvalue weighted by Crippen LogP contribution is 2.08. The van der Waals surface area contributed by atoms with E-state index in [2.05, 4.69) is 10.6 Å². The van der Waals surface area contributed by atoms with Crippen molar-refractivity contribution in [1.29, 1.82) is 0 Å². The highest BCUT2D eigenvalue weighted by Gasteiger charge is 2.27. The highest BCUT2D eigenvalue weighted by molar-refractivity contribution is 5.93. The molecule has 0 saturated carbocycles. The summed E-state index contributed by atoms with van der Waals surface area (Å²) in [6, 6.07) is 12.0. The summed E-state index contributed by atoms with van der Waals surface area (Å²) in [7, 11) is 0. The number of hydrogen-bond acceptors (Lipinski definition) is 5. The summed E-state index contributed by atoms with van der Waals surface area (Å²) in [5.74, 6) is -3.26. The molecule has 164 valence electrons. The molecular formula is C22H24FN3O5. The third-order valence-electron chi connectivity index (χ3n) is 4.32. The van der Waals surface area contributed by atoms with Crippen LogP contribution in [-0.2, 0) is 36.9 Å². The number of amides is 3. The molecule has 3 amide bonds. The van der Waals surface area contributed by atoms with E-state index in [-0.39, 0.29) is 13.0 Å². The van der Waals surface area contributed by atoms with E-state index in [0.717, 1.165) is 5.56 Å². The molecule has 9 heteroatoms. The molecule has 2 aromatic rings. The lowest BCUT2D eigenvalue weighted by Crippen LogP contribution is -2.54. The molecule has 0 heterocycles. The Morgan fingerprint density at radius 2 is 1.58 bits per heavy atom. The van der Waals surface area contributed by atoms with Crippen LogP contribution in [0.1, 0.15) is 24.5 Å². The van der Waals surface area contributed by atoms with Crippen LogP contribution in [0.25, 0.3) is 0 Å². The number of benzene rings is 2. The number of carbonyl (C=O) groups excluding carboxylic acids is 4. The van der Waals surface area contributed by atoms with Crippen molar-refractivity contribution in [2.45, 2.75) is 38.5 Å². The van der Waals surface area contributed by atoms with Gasteiger partial charge in [-0.05, 0) is 23.3 Å². The molecule has 2 rings (SSSR count). The fraction of sp³-hybridized carbons (Fsp3) is 0.273. The zero-order valence-corrected chi connectivity index (χ0v) is 17.0. The van der Waals surface area contributed by atoms with Gasteiger partial charge in [0, 0.05) is 13.3 Å². The van der Waals surface area contributed by atoms with Crippen molar-refractivity contribution >= 4 is 23.7 Å². The lowest BCUT2D eigenvalue weighted by Gasteiger charge is -2.21. The number of nitrogens with one attached hydrogen (secondary N) is 2. The Bertz CT molecular complexity index is 919. The Hall–Kier alpha value is -3.75. The standard InChI is InChI=1S/C22H24FN3O5/c1-14(27)25-19(11-15-7-9-17(23)10-8-15)22(30)26-18(21(24)29)12-20(28)31-13-16-5-3-2-4-6-16/h2-10,18-19H,11-13H2,1H3,(H2,24,29)(H,25,27)(H,26,30)/t18-,19-/m1/s1. The van der Waals surface area contributed by atoms with Crippen molar-refractivity contribution in [3.05, 3.63) is 71.5 Å². The molecule has 8 nitrogen and oxygen atoms in total. The maximum atomic E-state index is 13.1. The molecule has 0 aliphatic rings. The van der Waals surface area contributed by atoms with Crippen molar-refractivity contribution < 1.29 is 28.3 Å². The molecule has 0 unspecified atom stereocenters. The van der Waals surface area contributed by atoms with Crippen molar-refractivity contribution in [2.24, 2.45) is 5.73 Å². The first-order valence-electron chi connectivity index (χ1n) is 9.55. The third-order valence-corrected chi connectivity index (χ3v) is 4.32. The maximum Gasteiger partial charge on any atom is 0.308 e. The van der Waals surface area contributed by atoms with Gasteiger partial charge in [-0.2, -0.15) is 0 Å². The van der Waals surface area contributed by atoms with E-state index in [4.69, 9.17) is 10.5 Å². The zero-order chi connectivity index (χ0) is 22.8. The smallest absolute Gasteiger partial charge is 0.308 e. The van der Waals surface area contributed by atoms with Gasteiger partial charge in [-0.25, -0.2) is 4.39 Å². The number of carbonyl (C=O) groups is 4. The van der Waals surface area contributed by atoms with Crippen molar-refractivity contribution in [1.82, 2.24) is 10.6 Å². The molecule has 0 aliphatic heterocycles. The first kappa shape index (κ1) is 23.5. The summed E-state index contributed by atoms with van der Waals surface area (Å²) >= 11 is 0. The minimum atomic E-state index is -1.32.